The molecule has 2 aliphatic heterocycles. The van der Waals surface area contributed by atoms with Crippen LogP contribution in [-0.4, -0.2) is 49.0 Å². The molecule has 8 heteroatoms. The Morgan fingerprint density at radius 1 is 1.19 bits per heavy atom. The average Bonchev–Trinajstić information content (AvgIpc) is 2.46. The first kappa shape index (κ1) is 14.5. The number of nitrogens with zero attached hydrogens (tertiary/aromatic N) is 3. The molecule has 0 aromatic heterocycles. The van der Waals surface area contributed by atoms with Gasteiger partial charge < -0.3 is 9.80 Å². The molecule has 3 rings (SSSR count). The molecule has 0 radical (unpaired) electrons. The van der Waals surface area contributed by atoms with Crippen molar-refractivity contribution < 1.29 is 13.2 Å². The van der Waals surface area contributed by atoms with Crippen molar-refractivity contribution >= 4 is 23.6 Å². The van der Waals surface area contributed by atoms with Gasteiger partial charge in [-0.3, -0.25) is 4.72 Å². The maximum absolute atomic E-state index is 12.8. The zero-order valence-corrected chi connectivity index (χ0v) is 12.3. The first-order valence-corrected chi connectivity index (χ1v) is 7.41. The number of hydrogen-bond acceptors (Lipinski definition) is 5. The van der Waals surface area contributed by atoms with Crippen molar-refractivity contribution in [2.75, 3.05) is 33.2 Å². The minimum atomic E-state index is -4.34. The van der Waals surface area contributed by atoms with Gasteiger partial charge >= 0.3 is 6.18 Å². The van der Waals surface area contributed by atoms with Crippen LogP contribution in [0.2, 0.25) is 0 Å². The lowest BCUT2D eigenvalue weighted by Gasteiger charge is -2.35. The van der Waals surface area contributed by atoms with E-state index in [1.54, 1.807) is 0 Å². The van der Waals surface area contributed by atoms with E-state index in [4.69, 9.17) is 0 Å². The van der Waals surface area contributed by atoms with Crippen molar-refractivity contribution in [2.24, 2.45) is 4.99 Å². The largest absolute Gasteiger partial charge is 0.416 e. The summed E-state index contributed by atoms with van der Waals surface area (Å²) in [6.07, 6.45) is -4.34. The van der Waals surface area contributed by atoms with Crippen LogP contribution in [-0.2, 0) is 6.18 Å². The summed E-state index contributed by atoms with van der Waals surface area (Å²) in [5.41, 5.74) is -0.285. The van der Waals surface area contributed by atoms with Crippen molar-refractivity contribution in [3.63, 3.8) is 0 Å². The molecule has 0 saturated carbocycles. The van der Waals surface area contributed by atoms with E-state index in [2.05, 4.69) is 19.5 Å². The van der Waals surface area contributed by atoms with E-state index in [1.165, 1.54) is 18.0 Å². The molecule has 0 spiro atoms. The van der Waals surface area contributed by atoms with Gasteiger partial charge in [-0.05, 0) is 37.2 Å². The van der Waals surface area contributed by atoms with Gasteiger partial charge in [-0.15, -0.1) is 0 Å². The first-order valence-electron chi connectivity index (χ1n) is 6.60. The number of piperazine rings is 1. The van der Waals surface area contributed by atoms with E-state index in [-0.39, 0.29) is 0 Å². The second kappa shape index (κ2) is 5.42. The van der Waals surface area contributed by atoms with E-state index >= 15 is 0 Å². The Kier molecular flexibility index (Phi) is 3.75. The Hall–Kier alpha value is -1.41. The summed E-state index contributed by atoms with van der Waals surface area (Å²) in [6, 6.07) is 3.66. The molecule has 21 heavy (non-hydrogen) atoms. The van der Waals surface area contributed by atoms with Crippen LogP contribution in [0.4, 0.5) is 18.9 Å². The molecule has 1 fully saturated rings. The van der Waals surface area contributed by atoms with Gasteiger partial charge in [-0.2, -0.15) is 13.2 Å². The molecular weight excluding hydrogens is 301 g/mol. The molecule has 114 valence electrons. The van der Waals surface area contributed by atoms with Crippen LogP contribution in [0.25, 0.3) is 0 Å². The van der Waals surface area contributed by atoms with Crippen LogP contribution >= 0.6 is 11.9 Å². The van der Waals surface area contributed by atoms with Gasteiger partial charge in [0.25, 0.3) is 0 Å². The maximum Gasteiger partial charge on any atom is 0.416 e. The Balaban J connectivity index is 1.86. The van der Waals surface area contributed by atoms with Crippen LogP contribution < -0.4 is 4.72 Å². The third-order valence-corrected chi connectivity index (χ3v) is 4.42. The molecule has 0 bridgehead atoms. The zero-order valence-electron chi connectivity index (χ0n) is 11.4. The highest BCUT2D eigenvalue weighted by molar-refractivity contribution is 7.98. The lowest BCUT2D eigenvalue weighted by molar-refractivity contribution is -0.137. The third kappa shape index (κ3) is 3.11. The Morgan fingerprint density at radius 3 is 2.57 bits per heavy atom. The third-order valence-electron chi connectivity index (χ3n) is 3.57. The molecular formula is C13H15F3N4S. The number of rotatable bonds is 0. The van der Waals surface area contributed by atoms with E-state index in [0.717, 1.165) is 38.3 Å². The molecule has 1 aromatic rings. The van der Waals surface area contributed by atoms with Gasteiger partial charge in [0, 0.05) is 26.2 Å². The fraction of sp³-hybridized carbons (Fsp3) is 0.462. The number of halogens is 3. The monoisotopic (exact) mass is 316 g/mol. The summed E-state index contributed by atoms with van der Waals surface area (Å²) < 4.78 is 41.4. The van der Waals surface area contributed by atoms with E-state index in [0.29, 0.717) is 16.5 Å². The molecule has 1 N–H and O–H groups in total. The predicted octanol–water partition coefficient (Wildman–Crippen LogP) is 2.55. The van der Waals surface area contributed by atoms with Crippen LogP contribution in [0.3, 0.4) is 0 Å². The lowest BCUT2D eigenvalue weighted by atomic mass is 10.2. The Labute approximate surface area is 125 Å². The summed E-state index contributed by atoms with van der Waals surface area (Å²) >= 11 is 1.31. The van der Waals surface area contributed by atoms with Crippen LogP contribution in [0.1, 0.15) is 5.56 Å². The molecule has 1 saturated heterocycles. The number of guanidine groups is 1. The van der Waals surface area contributed by atoms with Crippen LogP contribution in [0, 0.1) is 0 Å². The van der Waals surface area contributed by atoms with Crippen molar-refractivity contribution in [3.05, 3.63) is 23.8 Å². The fourth-order valence-corrected chi connectivity index (χ4v) is 2.98. The minimum absolute atomic E-state index is 0.377. The second-order valence-electron chi connectivity index (χ2n) is 5.11. The molecule has 4 nitrogen and oxygen atoms in total. The molecule has 0 aliphatic carbocycles. The second-order valence-corrected chi connectivity index (χ2v) is 5.96. The van der Waals surface area contributed by atoms with Gasteiger partial charge in [0.1, 0.15) is 0 Å². The summed E-state index contributed by atoms with van der Waals surface area (Å²) in [5.74, 6) is 0.639. The predicted molar refractivity (Wildman–Crippen MR) is 76.6 cm³/mol. The van der Waals surface area contributed by atoms with Crippen molar-refractivity contribution in [2.45, 2.75) is 11.1 Å². The van der Waals surface area contributed by atoms with Crippen LogP contribution in [0.15, 0.2) is 28.1 Å². The van der Waals surface area contributed by atoms with Crippen molar-refractivity contribution in [1.29, 1.82) is 0 Å². The van der Waals surface area contributed by atoms with Crippen molar-refractivity contribution in [1.82, 2.24) is 14.5 Å². The number of benzene rings is 1. The van der Waals surface area contributed by atoms with E-state index < -0.39 is 11.7 Å². The van der Waals surface area contributed by atoms with E-state index in [1.807, 2.05) is 7.05 Å². The first-order chi connectivity index (χ1) is 9.93. The van der Waals surface area contributed by atoms with Gasteiger partial charge in [-0.25, -0.2) is 4.99 Å². The van der Waals surface area contributed by atoms with Crippen molar-refractivity contribution in [3.8, 4) is 0 Å². The molecule has 1 aromatic carbocycles. The van der Waals surface area contributed by atoms with E-state index in [9.17, 15) is 13.2 Å². The maximum atomic E-state index is 12.8. The summed E-state index contributed by atoms with van der Waals surface area (Å²) in [5, 5.41) is 0. The summed E-state index contributed by atoms with van der Waals surface area (Å²) in [7, 11) is 2.05. The number of fused-ring (bicyclic) bond motifs is 1. The number of likely N-dealkylation sites (N-methyl/N-ethyl adjacent to an activating group) is 1. The number of nitrogens with one attached hydrogen (secondary N) is 1. The molecule has 0 amide bonds. The van der Waals surface area contributed by atoms with Gasteiger partial charge in [0.15, 0.2) is 0 Å². The quantitative estimate of drug-likeness (QED) is 0.745. The fourth-order valence-electron chi connectivity index (χ4n) is 2.26. The zero-order chi connectivity index (χ0) is 15.0. The molecule has 0 atom stereocenters. The summed E-state index contributed by atoms with van der Waals surface area (Å²) in [6.45, 7) is 3.47. The average molecular weight is 316 g/mol. The number of alkyl halides is 3. The van der Waals surface area contributed by atoms with Gasteiger partial charge in [-0.1, -0.05) is 0 Å². The number of hydrogen-bond donors (Lipinski definition) is 1. The Bertz CT molecular complexity index is 565. The smallest absolute Gasteiger partial charge is 0.339 e. The van der Waals surface area contributed by atoms with Crippen LogP contribution in [0.5, 0.6) is 0 Å². The van der Waals surface area contributed by atoms with Gasteiger partial charge in [0.2, 0.25) is 5.96 Å². The lowest BCUT2D eigenvalue weighted by Crippen LogP contribution is -2.50. The number of aliphatic imine (C=N–C) groups is 1. The highest BCUT2D eigenvalue weighted by Crippen LogP contribution is 2.37. The minimum Gasteiger partial charge on any atom is -0.339 e. The van der Waals surface area contributed by atoms with Gasteiger partial charge in [0.05, 0.1) is 16.1 Å². The molecule has 2 heterocycles. The highest BCUT2D eigenvalue weighted by atomic mass is 32.2. The standard InChI is InChI=1S/C13H15F3N4S/c1-19-4-6-20(7-5-19)12-17-10-8-9(13(14,15)16)2-3-11(10)21-18-12/h2-3,8H,4-7H2,1H3,(H,17,18). The Morgan fingerprint density at radius 2 is 1.90 bits per heavy atom. The summed E-state index contributed by atoms with van der Waals surface area (Å²) in [4.78, 5) is 9.35. The SMILES string of the molecule is CN1CCN(C2=Nc3cc(C(F)(F)F)ccc3SN2)CC1. The normalized spacial score (nSPS) is 19.8. The molecule has 0 unspecified atom stereocenters. The molecule has 2 aliphatic rings. The highest BCUT2D eigenvalue weighted by Gasteiger charge is 2.32. The topological polar surface area (TPSA) is 30.9 Å².